The van der Waals surface area contributed by atoms with Crippen LogP contribution in [0.4, 0.5) is 0 Å². The van der Waals surface area contributed by atoms with E-state index in [9.17, 15) is 16.8 Å². The van der Waals surface area contributed by atoms with Gasteiger partial charge in [0.15, 0.2) is 9.84 Å². The fourth-order valence-corrected chi connectivity index (χ4v) is 7.72. The monoisotopic (exact) mass is 471 g/mol. The predicted octanol–water partition coefficient (Wildman–Crippen LogP) is 3.43. The quantitative estimate of drug-likeness (QED) is 0.570. The number of sulfonamides is 1. The van der Waals surface area contributed by atoms with E-state index in [1.54, 1.807) is 42.5 Å². The molecule has 0 aliphatic carbocycles. The summed E-state index contributed by atoms with van der Waals surface area (Å²) in [5, 5.41) is 0. The van der Waals surface area contributed by atoms with Crippen LogP contribution in [0.25, 0.3) is 0 Å². The third-order valence-corrected chi connectivity index (χ3v) is 9.22. The lowest BCUT2D eigenvalue weighted by Gasteiger charge is -2.33. The van der Waals surface area contributed by atoms with Crippen molar-refractivity contribution in [1.82, 2.24) is 4.31 Å². The molecule has 3 aromatic rings. The van der Waals surface area contributed by atoms with Crippen LogP contribution in [-0.2, 0) is 38.6 Å². The van der Waals surface area contributed by atoms with Crippen LogP contribution in [0.5, 0.6) is 5.75 Å². The first-order chi connectivity index (χ1) is 15.3. The summed E-state index contributed by atoms with van der Waals surface area (Å²) >= 11 is 0. The highest BCUT2D eigenvalue weighted by atomic mass is 32.2. The predicted molar refractivity (Wildman–Crippen MR) is 124 cm³/mol. The minimum Gasteiger partial charge on any atom is -0.495 e. The number of sulfone groups is 1. The molecule has 168 valence electrons. The average molecular weight is 472 g/mol. The van der Waals surface area contributed by atoms with Gasteiger partial charge >= 0.3 is 0 Å². The Morgan fingerprint density at radius 1 is 0.906 bits per heavy atom. The molecule has 4 rings (SSSR count). The maximum atomic E-state index is 13.9. The fraction of sp³-hybridized carbons (Fsp3) is 0.250. The minimum absolute atomic E-state index is 0.0241. The second-order valence-electron chi connectivity index (χ2n) is 7.87. The Kier molecular flexibility index (Phi) is 6.37. The van der Waals surface area contributed by atoms with Gasteiger partial charge in [-0.1, -0.05) is 66.7 Å². The van der Waals surface area contributed by atoms with Gasteiger partial charge in [0.25, 0.3) is 0 Å². The molecule has 0 aromatic heterocycles. The smallest absolute Gasteiger partial charge is 0.247 e. The van der Waals surface area contributed by atoms with Crippen LogP contribution in [0, 0.1) is 0 Å². The summed E-state index contributed by atoms with van der Waals surface area (Å²) in [6.07, 6.45) is 0.288. The first-order valence-electron chi connectivity index (χ1n) is 10.3. The number of hydrogen-bond donors (Lipinski definition) is 0. The Labute approximate surface area is 189 Å². The van der Waals surface area contributed by atoms with Gasteiger partial charge in [0, 0.05) is 12.6 Å². The Balaban J connectivity index is 1.87. The highest BCUT2D eigenvalue weighted by Crippen LogP contribution is 2.32. The van der Waals surface area contributed by atoms with Crippen molar-refractivity contribution < 1.29 is 21.6 Å². The topological polar surface area (TPSA) is 80.8 Å². The van der Waals surface area contributed by atoms with E-state index in [1.165, 1.54) is 17.5 Å². The van der Waals surface area contributed by atoms with Crippen molar-refractivity contribution in [3.05, 3.63) is 95.6 Å². The van der Waals surface area contributed by atoms with Crippen molar-refractivity contribution >= 4 is 19.9 Å². The van der Waals surface area contributed by atoms with Crippen LogP contribution < -0.4 is 4.74 Å². The van der Waals surface area contributed by atoms with Gasteiger partial charge in [-0.15, -0.1) is 0 Å². The second-order valence-corrected chi connectivity index (χ2v) is 11.8. The molecule has 0 radical (unpaired) electrons. The van der Waals surface area contributed by atoms with Crippen LogP contribution in [0.15, 0.2) is 83.8 Å². The molecule has 1 aliphatic rings. The summed E-state index contributed by atoms with van der Waals surface area (Å²) in [6, 6.07) is 22.1. The summed E-state index contributed by atoms with van der Waals surface area (Å²) in [5.41, 5.74) is 2.19. The van der Waals surface area contributed by atoms with E-state index in [-0.39, 0.29) is 35.1 Å². The van der Waals surface area contributed by atoms with Crippen molar-refractivity contribution in [1.29, 1.82) is 0 Å². The zero-order chi connectivity index (χ0) is 22.8. The summed E-state index contributed by atoms with van der Waals surface area (Å²) in [7, 11) is -6.20. The lowest BCUT2D eigenvalue weighted by Crippen LogP contribution is -2.46. The van der Waals surface area contributed by atoms with E-state index < -0.39 is 25.9 Å². The molecule has 1 unspecified atom stereocenters. The molecule has 0 saturated heterocycles. The molecule has 0 spiro atoms. The van der Waals surface area contributed by atoms with Gasteiger partial charge in [-0.05, 0) is 35.2 Å². The lowest BCUT2D eigenvalue weighted by atomic mass is 10.1. The summed E-state index contributed by atoms with van der Waals surface area (Å²) in [4.78, 5) is 0.0241. The second kappa shape index (κ2) is 9.05. The normalized spacial score (nSPS) is 18.8. The third-order valence-electron chi connectivity index (χ3n) is 5.64. The van der Waals surface area contributed by atoms with E-state index in [2.05, 4.69) is 0 Å². The third kappa shape index (κ3) is 4.72. The molecule has 0 N–H and O–H groups in total. The molecule has 0 saturated carbocycles. The van der Waals surface area contributed by atoms with Gasteiger partial charge in [-0.3, -0.25) is 0 Å². The molecule has 0 bridgehead atoms. The zero-order valence-corrected chi connectivity index (χ0v) is 19.3. The minimum atomic E-state index is -4.06. The SMILES string of the molecule is COc1ccccc1S(=O)(=O)N1Cc2ccccc2CS(=O)(=O)CC1Cc1ccccc1. The van der Waals surface area contributed by atoms with Crippen molar-refractivity contribution in [2.45, 2.75) is 29.7 Å². The lowest BCUT2D eigenvalue weighted by molar-refractivity contribution is 0.323. The Morgan fingerprint density at radius 2 is 1.53 bits per heavy atom. The van der Waals surface area contributed by atoms with Gasteiger partial charge in [0.1, 0.15) is 10.6 Å². The highest BCUT2D eigenvalue weighted by Gasteiger charge is 2.38. The van der Waals surface area contributed by atoms with Gasteiger partial charge in [-0.2, -0.15) is 4.31 Å². The molecule has 0 fully saturated rings. The Hall–Kier alpha value is -2.68. The van der Waals surface area contributed by atoms with E-state index in [1.807, 2.05) is 30.3 Å². The van der Waals surface area contributed by atoms with Crippen molar-refractivity contribution in [2.75, 3.05) is 12.9 Å². The summed E-state index contributed by atoms with van der Waals surface area (Å²) in [6.45, 7) is 0.0869. The van der Waals surface area contributed by atoms with Crippen molar-refractivity contribution in [3.8, 4) is 5.75 Å². The van der Waals surface area contributed by atoms with Crippen LogP contribution in [0.3, 0.4) is 0 Å². The van der Waals surface area contributed by atoms with Crippen molar-refractivity contribution in [3.63, 3.8) is 0 Å². The number of para-hydroxylation sites is 1. The maximum Gasteiger partial charge on any atom is 0.247 e. The molecule has 6 nitrogen and oxygen atoms in total. The molecule has 32 heavy (non-hydrogen) atoms. The molecule has 0 amide bonds. The molecular weight excluding hydrogens is 446 g/mol. The van der Waals surface area contributed by atoms with Crippen molar-refractivity contribution in [2.24, 2.45) is 0 Å². The van der Waals surface area contributed by atoms with Crippen LogP contribution in [0.1, 0.15) is 16.7 Å². The Morgan fingerprint density at radius 3 is 2.25 bits per heavy atom. The molecule has 3 aromatic carbocycles. The van der Waals surface area contributed by atoms with Gasteiger partial charge in [0.05, 0.1) is 18.6 Å². The highest BCUT2D eigenvalue weighted by molar-refractivity contribution is 7.91. The number of rotatable bonds is 5. The maximum absolute atomic E-state index is 13.9. The summed E-state index contributed by atoms with van der Waals surface area (Å²) in [5.74, 6) is -0.133. The first-order valence-corrected chi connectivity index (χ1v) is 13.5. The molecular formula is C24H25NO5S2. The fourth-order valence-electron chi connectivity index (χ4n) is 4.11. The molecule has 1 atom stereocenters. The van der Waals surface area contributed by atoms with Gasteiger partial charge < -0.3 is 4.74 Å². The van der Waals surface area contributed by atoms with Crippen LogP contribution in [-0.4, -0.2) is 40.0 Å². The Bertz CT molecular complexity index is 1300. The van der Waals surface area contributed by atoms with E-state index >= 15 is 0 Å². The average Bonchev–Trinajstić information content (AvgIpc) is 2.77. The van der Waals surface area contributed by atoms with Gasteiger partial charge in [0.2, 0.25) is 10.0 Å². The van der Waals surface area contributed by atoms with E-state index in [0.29, 0.717) is 11.1 Å². The number of fused-ring (bicyclic) bond motifs is 1. The number of benzene rings is 3. The number of methoxy groups -OCH3 is 1. The number of hydrogen-bond acceptors (Lipinski definition) is 5. The van der Waals surface area contributed by atoms with Gasteiger partial charge in [-0.25, -0.2) is 16.8 Å². The zero-order valence-electron chi connectivity index (χ0n) is 17.7. The summed E-state index contributed by atoms with van der Waals surface area (Å²) < 4.78 is 60.6. The van der Waals surface area contributed by atoms with E-state index in [4.69, 9.17) is 4.74 Å². The van der Waals surface area contributed by atoms with Crippen LogP contribution >= 0.6 is 0 Å². The van der Waals surface area contributed by atoms with Crippen LogP contribution in [0.2, 0.25) is 0 Å². The number of ether oxygens (including phenoxy) is 1. The first kappa shape index (κ1) is 22.5. The molecule has 1 aliphatic heterocycles. The molecule has 8 heteroatoms. The van der Waals surface area contributed by atoms with E-state index in [0.717, 1.165) is 5.56 Å². The molecule has 1 heterocycles. The number of nitrogens with zero attached hydrogens (tertiary/aromatic N) is 1. The standard InChI is InChI=1S/C24H25NO5S2/c1-30-23-13-7-8-14-24(23)32(28,29)25-16-20-11-5-6-12-21(20)17-31(26,27)18-22(25)15-19-9-3-2-4-10-19/h2-14,22H,15-18H2,1H3. The largest absolute Gasteiger partial charge is 0.495 e.